The number of urea groups is 1. The molecule has 2 aliphatic heterocycles. The molecule has 2 heterocycles. The van der Waals surface area contributed by atoms with Crippen LogP contribution >= 0.6 is 0 Å². The fraction of sp³-hybridized carbons (Fsp3) is 0.368. The van der Waals surface area contributed by atoms with Gasteiger partial charge in [-0.25, -0.2) is 14.8 Å². The molecule has 1 saturated heterocycles. The first kappa shape index (κ1) is 21.7. The minimum Gasteiger partial charge on any atom is -0.493 e. The van der Waals surface area contributed by atoms with E-state index in [-0.39, 0.29) is 12.4 Å². The van der Waals surface area contributed by atoms with Gasteiger partial charge in [0.1, 0.15) is 0 Å². The van der Waals surface area contributed by atoms with Crippen LogP contribution in [0.3, 0.4) is 0 Å². The summed E-state index contributed by atoms with van der Waals surface area (Å²) in [5, 5.41) is 3.95. The average Bonchev–Trinajstić information content (AvgIpc) is 3.19. The first-order valence-corrected chi connectivity index (χ1v) is 9.16. The van der Waals surface area contributed by atoms with Gasteiger partial charge in [0.2, 0.25) is 5.75 Å². The fourth-order valence-electron chi connectivity index (χ4n) is 3.28. The van der Waals surface area contributed by atoms with Gasteiger partial charge < -0.3 is 14.2 Å². The maximum atomic E-state index is 12.5. The normalized spacial score (nSPS) is 18.0. The highest BCUT2D eigenvalue weighted by Gasteiger charge is 2.50. The summed E-state index contributed by atoms with van der Waals surface area (Å²) in [6, 6.07) is 2.07. The molecule has 4 amide bonds. The molecule has 1 atom stereocenters. The van der Waals surface area contributed by atoms with Crippen LogP contribution in [0.15, 0.2) is 22.2 Å². The van der Waals surface area contributed by atoms with E-state index in [0.717, 1.165) is 4.90 Å². The Hall–Kier alpha value is -3.96. The highest BCUT2D eigenvalue weighted by atomic mass is 16.5. The molecular formula is C19H23N6O6+. The second-order valence-electron chi connectivity index (χ2n) is 6.63. The van der Waals surface area contributed by atoms with Crippen LogP contribution in [0.5, 0.6) is 17.2 Å². The molecule has 0 aliphatic carbocycles. The lowest BCUT2D eigenvalue weighted by atomic mass is 10.1. The molecule has 1 fully saturated rings. The van der Waals surface area contributed by atoms with Crippen LogP contribution in [0.4, 0.5) is 4.79 Å². The summed E-state index contributed by atoms with van der Waals surface area (Å²) in [6.07, 6.45) is 2.77. The minimum atomic E-state index is -0.839. The summed E-state index contributed by atoms with van der Waals surface area (Å²) in [5.41, 5.74) is 2.96. The van der Waals surface area contributed by atoms with Crippen LogP contribution in [0.1, 0.15) is 5.56 Å². The highest BCUT2D eigenvalue weighted by Crippen LogP contribution is 2.38. The molecule has 1 aromatic carbocycles. The van der Waals surface area contributed by atoms with Gasteiger partial charge in [-0.1, -0.05) is 0 Å². The number of rotatable bonds is 7. The van der Waals surface area contributed by atoms with Crippen molar-refractivity contribution in [2.75, 3.05) is 42.0 Å². The van der Waals surface area contributed by atoms with Crippen LogP contribution < -0.4 is 19.6 Å². The Balaban J connectivity index is 1.67. The summed E-state index contributed by atoms with van der Waals surface area (Å²) >= 11 is 0. The lowest BCUT2D eigenvalue weighted by Gasteiger charge is -2.30. The molecule has 0 spiro atoms. The highest BCUT2D eigenvalue weighted by molar-refractivity contribution is 6.21. The van der Waals surface area contributed by atoms with Crippen molar-refractivity contribution in [2.45, 2.75) is 6.04 Å². The van der Waals surface area contributed by atoms with Crippen molar-refractivity contribution in [1.29, 1.82) is 0 Å². The van der Waals surface area contributed by atoms with Crippen LogP contribution in [-0.2, 0) is 9.59 Å². The van der Waals surface area contributed by atoms with E-state index in [4.69, 9.17) is 14.2 Å². The van der Waals surface area contributed by atoms with Gasteiger partial charge in [-0.05, 0) is 17.1 Å². The summed E-state index contributed by atoms with van der Waals surface area (Å²) in [5.74, 6) is 0.635. The number of nitrogens with zero attached hydrogens (tertiary/aromatic N) is 5. The average molecular weight is 431 g/mol. The molecule has 0 radical (unpaired) electrons. The molecule has 0 saturated carbocycles. The molecule has 31 heavy (non-hydrogen) atoms. The van der Waals surface area contributed by atoms with Crippen LogP contribution in [0.2, 0.25) is 0 Å². The van der Waals surface area contributed by atoms with Crippen LogP contribution in [0, 0.1) is 0 Å². The molecule has 0 bridgehead atoms. The number of methoxy groups -OCH3 is 3. The van der Waals surface area contributed by atoms with E-state index in [2.05, 4.69) is 15.5 Å². The van der Waals surface area contributed by atoms with Gasteiger partial charge in [0, 0.05) is 19.7 Å². The molecule has 1 unspecified atom stereocenters. The van der Waals surface area contributed by atoms with Gasteiger partial charge in [-0.3, -0.25) is 19.4 Å². The third-order valence-electron chi connectivity index (χ3n) is 4.85. The Morgan fingerprint density at radius 2 is 1.87 bits per heavy atom. The van der Waals surface area contributed by atoms with E-state index in [1.165, 1.54) is 57.5 Å². The molecule has 1 N–H and O–H groups in total. The number of nitrogens with one attached hydrogen (secondary N) is 1. The van der Waals surface area contributed by atoms with Crippen molar-refractivity contribution in [3.63, 3.8) is 0 Å². The summed E-state index contributed by atoms with van der Waals surface area (Å²) in [6.45, 7) is -0.181. The molecule has 12 nitrogen and oxygen atoms in total. The van der Waals surface area contributed by atoms with E-state index in [1.807, 2.05) is 0 Å². The standard InChI is InChI=1S/C19H22N6O6/c1-23-17-14(18(27)24(2)19(23)28)25(10-20-17)9-13(26)22-21-8-11-6-7-12(29-3)16(31-5)15(11)30-4/h6-8,10,14H,9H2,1-5H3/p+1/b21-8+. The van der Waals surface area contributed by atoms with E-state index < -0.39 is 23.9 Å². The molecule has 0 aromatic heterocycles. The van der Waals surface area contributed by atoms with Gasteiger partial charge in [-0.15, -0.1) is 0 Å². The van der Waals surface area contributed by atoms with Crippen molar-refractivity contribution in [3.05, 3.63) is 17.7 Å². The zero-order valence-electron chi connectivity index (χ0n) is 17.8. The quantitative estimate of drug-likeness (QED) is 0.353. The molecule has 164 valence electrons. The number of hydrogen-bond acceptors (Lipinski definition) is 8. The predicted molar refractivity (Wildman–Crippen MR) is 110 cm³/mol. The molecular weight excluding hydrogens is 408 g/mol. The van der Waals surface area contributed by atoms with Crippen molar-refractivity contribution in [2.24, 2.45) is 10.1 Å². The lowest BCUT2D eigenvalue weighted by molar-refractivity contribution is -0.519. The number of carbonyl (C=O) groups excluding carboxylic acids is 3. The largest absolute Gasteiger partial charge is 0.493 e. The Kier molecular flexibility index (Phi) is 6.18. The van der Waals surface area contributed by atoms with E-state index in [1.54, 1.807) is 12.1 Å². The number of amidine groups is 1. The minimum absolute atomic E-state index is 0.181. The lowest BCUT2D eigenvalue weighted by Crippen LogP contribution is -2.61. The Morgan fingerprint density at radius 3 is 2.52 bits per heavy atom. The van der Waals surface area contributed by atoms with Crippen molar-refractivity contribution < 1.29 is 33.2 Å². The van der Waals surface area contributed by atoms with Gasteiger partial charge in [-0.2, -0.15) is 5.10 Å². The third-order valence-corrected chi connectivity index (χ3v) is 4.85. The second-order valence-corrected chi connectivity index (χ2v) is 6.63. The fourth-order valence-corrected chi connectivity index (χ4v) is 3.28. The number of ether oxygens (including phenoxy) is 3. The van der Waals surface area contributed by atoms with Crippen molar-refractivity contribution in [3.8, 4) is 17.2 Å². The Morgan fingerprint density at radius 1 is 1.16 bits per heavy atom. The SMILES string of the molecule is COc1ccc(/C=N/NC(=O)C[N+]2=CN=C3C2C(=O)N(C)C(=O)N3C)c(OC)c1OC. The number of amides is 4. The smallest absolute Gasteiger partial charge is 0.333 e. The maximum absolute atomic E-state index is 12.5. The first-order chi connectivity index (χ1) is 14.8. The Labute approximate surface area is 178 Å². The topological polar surface area (TPSA) is 125 Å². The van der Waals surface area contributed by atoms with Gasteiger partial charge in [0.15, 0.2) is 18.0 Å². The molecule has 3 rings (SSSR count). The maximum Gasteiger partial charge on any atom is 0.333 e. The molecule has 1 aromatic rings. The van der Waals surface area contributed by atoms with E-state index in [0.29, 0.717) is 22.8 Å². The zero-order chi connectivity index (χ0) is 22.7. The van der Waals surface area contributed by atoms with Gasteiger partial charge >= 0.3 is 6.03 Å². The van der Waals surface area contributed by atoms with E-state index >= 15 is 0 Å². The second kappa shape index (κ2) is 8.81. The number of carbonyl (C=O) groups is 3. The van der Waals surface area contributed by atoms with Gasteiger partial charge in [0.25, 0.3) is 30.0 Å². The predicted octanol–water partition coefficient (Wildman–Crippen LogP) is -0.492. The number of hydrazone groups is 1. The summed E-state index contributed by atoms with van der Waals surface area (Å²) in [7, 11) is 7.39. The first-order valence-electron chi connectivity index (χ1n) is 9.16. The van der Waals surface area contributed by atoms with Crippen LogP contribution in [0.25, 0.3) is 0 Å². The number of likely N-dealkylation sites (N-methyl/N-ethyl adjacent to an activating group) is 2. The number of aliphatic imine (C=N–C) groups is 1. The summed E-state index contributed by atoms with van der Waals surface area (Å²) in [4.78, 5) is 43.2. The van der Waals surface area contributed by atoms with Crippen molar-refractivity contribution in [1.82, 2.24) is 15.2 Å². The van der Waals surface area contributed by atoms with Crippen molar-refractivity contribution >= 4 is 36.2 Å². The van der Waals surface area contributed by atoms with E-state index in [9.17, 15) is 14.4 Å². The number of hydrogen-bond donors (Lipinski definition) is 1. The number of benzene rings is 1. The third kappa shape index (κ3) is 3.91. The number of fused-ring (bicyclic) bond motifs is 1. The van der Waals surface area contributed by atoms with Crippen LogP contribution in [-0.4, -0.2) is 98.6 Å². The Bertz CT molecular complexity index is 1020. The summed E-state index contributed by atoms with van der Waals surface area (Å²) < 4.78 is 17.4. The monoisotopic (exact) mass is 431 g/mol. The molecule has 12 heteroatoms. The van der Waals surface area contributed by atoms with Gasteiger partial charge in [0.05, 0.1) is 27.5 Å². The molecule has 2 aliphatic rings. The zero-order valence-corrected chi connectivity index (χ0v) is 17.8. The number of imide groups is 1.